The first-order chi connectivity index (χ1) is 18.6. The Hall–Kier alpha value is -1.78. The second kappa shape index (κ2) is 21.1. The van der Waals surface area contributed by atoms with Gasteiger partial charge in [0.1, 0.15) is 24.2 Å². The summed E-state index contributed by atoms with van der Waals surface area (Å²) in [5, 5.41) is 12.3. The molecule has 1 atom stereocenters. The van der Waals surface area contributed by atoms with Gasteiger partial charge < -0.3 is 19.3 Å². The zero-order valence-corrected chi connectivity index (χ0v) is 24.7. The summed E-state index contributed by atoms with van der Waals surface area (Å²) >= 11 is 0. The van der Waals surface area contributed by atoms with Crippen LogP contribution in [0.3, 0.4) is 0 Å². The molecule has 2 aromatic rings. The van der Waals surface area contributed by atoms with Crippen LogP contribution >= 0.6 is 0 Å². The van der Waals surface area contributed by atoms with Crippen molar-refractivity contribution in [1.29, 1.82) is 0 Å². The Morgan fingerprint density at radius 2 is 1.08 bits per heavy atom. The average Bonchev–Trinajstić information content (AvgIpc) is 2.91. The Balaban J connectivity index is 1.43. The predicted octanol–water partition coefficient (Wildman–Crippen LogP) is 9.64. The summed E-state index contributed by atoms with van der Waals surface area (Å²) in [5.41, 5.74) is 0. The van der Waals surface area contributed by atoms with E-state index in [1.807, 2.05) is 50.2 Å². The molecule has 2 aromatic carbocycles. The van der Waals surface area contributed by atoms with E-state index in [4.69, 9.17) is 14.2 Å². The van der Waals surface area contributed by atoms with Crippen LogP contribution in [0.1, 0.15) is 124 Å². The standard InChI is InChI=1S/C34H56O4/c1-4-5-6-7-8-9-10-11-12-13-14-15-16-17-18-21-26-36-27-30(35)28-37-33-24-25-34(38-29(2)3)32-23-20-19-22-31(32)33/h19-20,22-25,29-30,35H,4-18,21,26-28H2,1-3H3. The van der Waals surface area contributed by atoms with Gasteiger partial charge in [0.2, 0.25) is 0 Å². The molecule has 2 rings (SSSR count). The fourth-order valence-electron chi connectivity index (χ4n) is 4.93. The predicted molar refractivity (Wildman–Crippen MR) is 162 cm³/mol. The zero-order chi connectivity index (χ0) is 27.3. The van der Waals surface area contributed by atoms with Crippen LogP contribution in [0.5, 0.6) is 11.5 Å². The zero-order valence-electron chi connectivity index (χ0n) is 24.7. The molecule has 0 aliphatic heterocycles. The lowest BCUT2D eigenvalue weighted by molar-refractivity contribution is 0.0112. The molecule has 0 aliphatic carbocycles. The molecule has 0 aromatic heterocycles. The molecule has 0 radical (unpaired) electrons. The van der Waals surface area contributed by atoms with Crippen molar-refractivity contribution in [1.82, 2.24) is 0 Å². The first-order valence-corrected chi connectivity index (χ1v) is 15.7. The Morgan fingerprint density at radius 3 is 1.61 bits per heavy atom. The Kier molecular flexibility index (Phi) is 18.0. The van der Waals surface area contributed by atoms with E-state index < -0.39 is 6.10 Å². The monoisotopic (exact) mass is 528 g/mol. The molecular weight excluding hydrogens is 472 g/mol. The van der Waals surface area contributed by atoms with E-state index in [1.165, 1.54) is 96.3 Å². The summed E-state index contributed by atoms with van der Waals surface area (Å²) in [4.78, 5) is 0. The summed E-state index contributed by atoms with van der Waals surface area (Å²) < 4.78 is 17.6. The third-order valence-electron chi connectivity index (χ3n) is 7.09. The van der Waals surface area contributed by atoms with Crippen LogP contribution in [0.2, 0.25) is 0 Å². The Labute approximate surface area is 233 Å². The van der Waals surface area contributed by atoms with Gasteiger partial charge in [0.25, 0.3) is 0 Å². The SMILES string of the molecule is CCCCCCCCCCCCCCCCCCOCC(O)COc1ccc(OC(C)C)c2ccccc12. The molecule has 38 heavy (non-hydrogen) atoms. The summed E-state index contributed by atoms with van der Waals surface area (Å²) in [6.45, 7) is 7.57. The van der Waals surface area contributed by atoms with Crippen molar-refractivity contribution in [2.24, 2.45) is 0 Å². The molecule has 0 aliphatic rings. The summed E-state index contributed by atoms with van der Waals surface area (Å²) in [5.74, 6) is 1.61. The van der Waals surface area contributed by atoms with Gasteiger partial charge in [0, 0.05) is 17.4 Å². The largest absolute Gasteiger partial charge is 0.490 e. The number of unbranched alkanes of at least 4 members (excludes halogenated alkanes) is 15. The van der Waals surface area contributed by atoms with Crippen LogP contribution in [0, 0.1) is 0 Å². The number of hydrogen-bond donors (Lipinski definition) is 1. The summed E-state index contributed by atoms with van der Waals surface area (Å²) in [7, 11) is 0. The van der Waals surface area contributed by atoms with Crippen molar-refractivity contribution < 1.29 is 19.3 Å². The van der Waals surface area contributed by atoms with Crippen molar-refractivity contribution >= 4 is 10.8 Å². The molecule has 0 bridgehead atoms. The maximum absolute atomic E-state index is 10.3. The number of aliphatic hydroxyl groups excluding tert-OH is 1. The molecule has 0 amide bonds. The number of rotatable bonds is 24. The highest BCUT2D eigenvalue weighted by Crippen LogP contribution is 2.33. The first-order valence-electron chi connectivity index (χ1n) is 15.7. The van der Waals surface area contributed by atoms with Crippen molar-refractivity contribution in [3.8, 4) is 11.5 Å². The van der Waals surface area contributed by atoms with Crippen LogP contribution in [0.25, 0.3) is 10.8 Å². The van der Waals surface area contributed by atoms with Gasteiger partial charge in [-0.3, -0.25) is 0 Å². The molecule has 0 fully saturated rings. The second-order valence-corrected chi connectivity index (χ2v) is 11.1. The van der Waals surface area contributed by atoms with Gasteiger partial charge in [-0.2, -0.15) is 0 Å². The van der Waals surface area contributed by atoms with Gasteiger partial charge in [-0.25, -0.2) is 0 Å². The summed E-state index contributed by atoms with van der Waals surface area (Å²) in [6, 6.07) is 11.9. The van der Waals surface area contributed by atoms with Crippen LogP contribution in [-0.4, -0.2) is 37.1 Å². The van der Waals surface area contributed by atoms with Gasteiger partial charge >= 0.3 is 0 Å². The molecule has 0 heterocycles. The van der Waals surface area contributed by atoms with Crippen LogP contribution in [0.15, 0.2) is 36.4 Å². The quantitative estimate of drug-likeness (QED) is 0.138. The molecular formula is C34H56O4. The molecule has 0 saturated heterocycles. The Bertz CT molecular complexity index is 834. The molecule has 1 unspecified atom stereocenters. The van der Waals surface area contributed by atoms with Crippen molar-refractivity contribution in [3.63, 3.8) is 0 Å². The second-order valence-electron chi connectivity index (χ2n) is 11.1. The van der Waals surface area contributed by atoms with Gasteiger partial charge in [0.15, 0.2) is 0 Å². The highest BCUT2D eigenvalue weighted by atomic mass is 16.5. The van der Waals surface area contributed by atoms with Crippen molar-refractivity contribution in [3.05, 3.63) is 36.4 Å². The van der Waals surface area contributed by atoms with E-state index in [0.717, 1.165) is 28.7 Å². The Morgan fingerprint density at radius 1 is 0.605 bits per heavy atom. The van der Waals surface area contributed by atoms with E-state index in [9.17, 15) is 5.11 Å². The number of fused-ring (bicyclic) bond motifs is 1. The van der Waals surface area contributed by atoms with Gasteiger partial charge in [-0.15, -0.1) is 0 Å². The van der Waals surface area contributed by atoms with E-state index in [-0.39, 0.29) is 12.7 Å². The van der Waals surface area contributed by atoms with Gasteiger partial charge in [-0.1, -0.05) is 128 Å². The van der Waals surface area contributed by atoms with Crippen molar-refractivity contribution in [2.75, 3.05) is 19.8 Å². The third-order valence-corrected chi connectivity index (χ3v) is 7.09. The first kappa shape index (κ1) is 32.4. The number of hydrogen-bond acceptors (Lipinski definition) is 4. The van der Waals surface area contributed by atoms with E-state index in [0.29, 0.717) is 13.2 Å². The highest BCUT2D eigenvalue weighted by molar-refractivity contribution is 5.93. The van der Waals surface area contributed by atoms with Crippen molar-refractivity contribution in [2.45, 2.75) is 136 Å². The number of aliphatic hydroxyl groups is 1. The minimum Gasteiger partial charge on any atom is -0.490 e. The highest BCUT2D eigenvalue weighted by Gasteiger charge is 2.11. The molecule has 4 nitrogen and oxygen atoms in total. The fraction of sp³-hybridized carbons (Fsp3) is 0.706. The molecule has 4 heteroatoms. The van der Waals surface area contributed by atoms with Crippen LogP contribution < -0.4 is 9.47 Å². The lowest BCUT2D eigenvalue weighted by atomic mass is 10.0. The molecule has 0 saturated carbocycles. The molecule has 1 N–H and O–H groups in total. The normalized spacial score (nSPS) is 12.3. The summed E-state index contributed by atoms with van der Waals surface area (Å²) in [6.07, 6.45) is 21.3. The molecule has 216 valence electrons. The smallest absolute Gasteiger partial charge is 0.127 e. The lowest BCUT2D eigenvalue weighted by Gasteiger charge is -2.17. The fourth-order valence-corrected chi connectivity index (χ4v) is 4.93. The van der Waals surface area contributed by atoms with E-state index in [2.05, 4.69) is 6.92 Å². The topological polar surface area (TPSA) is 47.9 Å². The average molecular weight is 529 g/mol. The van der Waals surface area contributed by atoms with Crippen LogP contribution in [0.4, 0.5) is 0 Å². The third kappa shape index (κ3) is 14.4. The van der Waals surface area contributed by atoms with E-state index in [1.54, 1.807) is 0 Å². The number of ether oxygens (including phenoxy) is 3. The minimum absolute atomic E-state index is 0.110. The maximum Gasteiger partial charge on any atom is 0.127 e. The van der Waals surface area contributed by atoms with E-state index >= 15 is 0 Å². The van der Waals surface area contributed by atoms with Crippen LogP contribution in [-0.2, 0) is 4.74 Å². The van der Waals surface area contributed by atoms with Gasteiger partial charge in [-0.05, 0) is 32.4 Å². The van der Waals surface area contributed by atoms with Gasteiger partial charge in [0.05, 0.1) is 12.7 Å². The number of benzene rings is 2. The minimum atomic E-state index is -0.638. The molecule has 0 spiro atoms. The lowest BCUT2D eigenvalue weighted by Crippen LogP contribution is -2.23. The maximum atomic E-state index is 10.3.